The molecule has 12 rings (SSSR count). The van der Waals surface area contributed by atoms with Crippen LogP contribution in [-0.4, -0.2) is 4.98 Å². The van der Waals surface area contributed by atoms with Crippen molar-refractivity contribution in [2.24, 2.45) is 0 Å². The molecule has 2 heterocycles. The molecular formula is C59H38N2O2. The van der Waals surface area contributed by atoms with Gasteiger partial charge in [0, 0.05) is 33.6 Å². The van der Waals surface area contributed by atoms with E-state index in [2.05, 4.69) is 211 Å². The standard InChI is InChI=1S/C59H38N2O2/c1-3-12-39(13-4-1)42-22-25-45(26-23-42)59-60-57-56-52-20-9-10-21-54(52)62-55(56)38-53(58(57)63-59)44-30-34-50(35-31-44)61(51-19-11-18-47(37-51)40-14-5-2-6-15-40)49-32-28-43(29-33-49)48-27-24-41-16-7-8-17-46(41)36-48/h1-38H. The second-order valence-electron chi connectivity index (χ2n) is 15.9. The molecule has 0 unspecified atom stereocenters. The van der Waals surface area contributed by atoms with Gasteiger partial charge in [0.25, 0.3) is 0 Å². The van der Waals surface area contributed by atoms with Crippen molar-refractivity contribution in [3.05, 3.63) is 231 Å². The number of anilines is 3. The van der Waals surface area contributed by atoms with Gasteiger partial charge < -0.3 is 13.7 Å². The summed E-state index contributed by atoms with van der Waals surface area (Å²) in [6.07, 6.45) is 0. The van der Waals surface area contributed by atoms with E-state index in [0.717, 1.165) is 77.9 Å². The van der Waals surface area contributed by atoms with Crippen LogP contribution in [0.5, 0.6) is 0 Å². The number of benzene rings is 10. The Morgan fingerprint density at radius 3 is 1.62 bits per heavy atom. The highest BCUT2D eigenvalue weighted by Crippen LogP contribution is 2.44. The molecular weight excluding hydrogens is 769 g/mol. The average molecular weight is 807 g/mol. The monoisotopic (exact) mass is 806 g/mol. The number of hydrogen-bond donors (Lipinski definition) is 0. The summed E-state index contributed by atoms with van der Waals surface area (Å²) in [6.45, 7) is 0. The van der Waals surface area contributed by atoms with Crippen LogP contribution in [0, 0.1) is 0 Å². The van der Waals surface area contributed by atoms with E-state index in [4.69, 9.17) is 13.8 Å². The van der Waals surface area contributed by atoms with Crippen LogP contribution < -0.4 is 4.90 Å². The summed E-state index contributed by atoms with van der Waals surface area (Å²) < 4.78 is 13.3. The van der Waals surface area contributed by atoms with E-state index in [0.29, 0.717) is 5.89 Å². The van der Waals surface area contributed by atoms with Gasteiger partial charge in [0.1, 0.15) is 16.7 Å². The van der Waals surface area contributed by atoms with Gasteiger partial charge in [-0.2, -0.15) is 0 Å². The smallest absolute Gasteiger partial charge is 0.227 e. The third-order valence-electron chi connectivity index (χ3n) is 12.1. The number of para-hydroxylation sites is 1. The molecule has 0 aliphatic rings. The van der Waals surface area contributed by atoms with E-state index in [1.54, 1.807) is 0 Å². The average Bonchev–Trinajstić information content (AvgIpc) is 3.97. The van der Waals surface area contributed by atoms with Crippen molar-refractivity contribution in [1.82, 2.24) is 4.98 Å². The van der Waals surface area contributed by atoms with Gasteiger partial charge in [-0.25, -0.2) is 4.98 Å². The fourth-order valence-electron chi connectivity index (χ4n) is 8.92. The summed E-state index contributed by atoms with van der Waals surface area (Å²) in [5.74, 6) is 0.567. The Bertz CT molecular complexity index is 3590. The summed E-state index contributed by atoms with van der Waals surface area (Å²) in [7, 11) is 0. The second kappa shape index (κ2) is 15.2. The molecule has 4 nitrogen and oxygen atoms in total. The van der Waals surface area contributed by atoms with E-state index in [1.165, 1.54) is 33.0 Å². The summed E-state index contributed by atoms with van der Waals surface area (Å²) in [5, 5.41) is 4.43. The molecule has 0 atom stereocenters. The van der Waals surface area contributed by atoms with Crippen molar-refractivity contribution in [3.63, 3.8) is 0 Å². The van der Waals surface area contributed by atoms with Gasteiger partial charge in [0.2, 0.25) is 5.89 Å². The van der Waals surface area contributed by atoms with Gasteiger partial charge in [-0.15, -0.1) is 0 Å². The van der Waals surface area contributed by atoms with E-state index >= 15 is 0 Å². The van der Waals surface area contributed by atoms with E-state index in [1.807, 2.05) is 24.3 Å². The van der Waals surface area contributed by atoms with Crippen LogP contribution in [0.3, 0.4) is 0 Å². The first-order valence-corrected chi connectivity index (χ1v) is 21.3. The molecule has 0 bridgehead atoms. The second-order valence-corrected chi connectivity index (χ2v) is 15.9. The zero-order chi connectivity index (χ0) is 41.7. The van der Waals surface area contributed by atoms with E-state index in [-0.39, 0.29) is 0 Å². The Labute approximate surface area is 364 Å². The van der Waals surface area contributed by atoms with Gasteiger partial charge in [-0.3, -0.25) is 0 Å². The van der Waals surface area contributed by atoms with Crippen molar-refractivity contribution in [2.75, 3.05) is 4.90 Å². The van der Waals surface area contributed by atoms with Crippen LogP contribution >= 0.6 is 0 Å². The third kappa shape index (κ3) is 6.62. The number of oxazole rings is 1. The largest absolute Gasteiger partial charge is 0.456 e. The van der Waals surface area contributed by atoms with Crippen molar-refractivity contribution in [1.29, 1.82) is 0 Å². The van der Waals surface area contributed by atoms with Gasteiger partial charge in [0.15, 0.2) is 5.58 Å². The Kier molecular flexibility index (Phi) is 8.79. The van der Waals surface area contributed by atoms with Crippen LogP contribution in [0.25, 0.3) is 99.8 Å². The first-order chi connectivity index (χ1) is 31.2. The lowest BCUT2D eigenvalue weighted by atomic mass is 10.00. The molecule has 0 amide bonds. The lowest BCUT2D eigenvalue weighted by molar-refractivity contribution is 0.620. The molecule has 0 aliphatic carbocycles. The maximum Gasteiger partial charge on any atom is 0.227 e. The molecule has 0 fully saturated rings. The summed E-state index contributed by atoms with van der Waals surface area (Å²) >= 11 is 0. The molecule has 0 spiro atoms. The van der Waals surface area contributed by atoms with Crippen molar-refractivity contribution in [2.45, 2.75) is 0 Å². The maximum absolute atomic E-state index is 6.79. The van der Waals surface area contributed by atoms with Crippen LogP contribution in [0.4, 0.5) is 17.1 Å². The van der Waals surface area contributed by atoms with E-state index in [9.17, 15) is 0 Å². The Balaban J connectivity index is 0.963. The lowest BCUT2D eigenvalue weighted by Gasteiger charge is -2.26. The Morgan fingerprint density at radius 1 is 0.333 bits per heavy atom. The Hall–Kier alpha value is -8.47. The van der Waals surface area contributed by atoms with Gasteiger partial charge in [-0.05, 0) is 116 Å². The summed E-state index contributed by atoms with van der Waals surface area (Å²) in [6, 6.07) is 81.1. The number of nitrogens with zero attached hydrogens (tertiary/aromatic N) is 2. The molecule has 0 aliphatic heterocycles. The highest BCUT2D eigenvalue weighted by molar-refractivity contribution is 6.19. The van der Waals surface area contributed by atoms with E-state index < -0.39 is 0 Å². The number of hydrogen-bond acceptors (Lipinski definition) is 4. The van der Waals surface area contributed by atoms with Gasteiger partial charge in [0.05, 0.1) is 5.39 Å². The molecule has 4 heteroatoms. The van der Waals surface area contributed by atoms with Crippen LogP contribution in [0.2, 0.25) is 0 Å². The number of fused-ring (bicyclic) bond motifs is 6. The quantitative estimate of drug-likeness (QED) is 0.153. The van der Waals surface area contributed by atoms with Crippen LogP contribution in [0.1, 0.15) is 0 Å². The zero-order valence-corrected chi connectivity index (χ0v) is 34.2. The normalized spacial score (nSPS) is 11.5. The minimum absolute atomic E-state index is 0.567. The van der Waals surface area contributed by atoms with Gasteiger partial charge >= 0.3 is 0 Å². The Morgan fingerprint density at radius 2 is 0.873 bits per heavy atom. The molecule has 0 radical (unpaired) electrons. The predicted molar refractivity (Wildman–Crippen MR) is 261 cm³/mol. The summed E-state index contributed by atoms with van der Waals surface area (Å²) in [4.78, 5) is 7.51. The predicted octanol–water partition coefficient (Wildman–Crippen LogP) is 16.7. The first-order valence-electron chi connectivity index (χ1n) is 21.3. The van der Waals surface area contributed by atoms with Crippen LogP contribution in [0.15, 0.2) is 239 Å². The fraction of sp³-hybridized carbons (Fsp3) is 0. The van der Waals surface area contributed by atoms with Crippen molar-refractivity contribution >= 4 is 60.9 Å². The zero-order valence-electron chi connectivity index (χ0n) is 34.2. The molecule has 2 aromatic heterocycles. The number of aromatic nitrogens is 1. The number of furan rings is 1. The molecule has 10 aromatic carbocycles. The van der Waals surface area contributed by atoms with Gasteiger partial charge in [-0.1, -0.05) is 164 Å². The SMILES string of the molecule is c1ccc(-c2ccc(-c3nc4c(o3)c(-c3ccc(N(c5ccc(-c6ccc7ccccc7c6)cc5)c5cccc(-c6ccccc6)c5)cc3)cc3oc5ccccc5c34)cc2)cc1. The maximum atomic E-state index is 6.79. The first kappa shape index (κ1) is 36.4. The molecule has 12 aromatic rings. The topological polar surface area (TPSA) is 42.4 Å². The van der Waals surface area contributed by atoms with Crippen LogP contribution in [-0.2, 0) is 0 Å². The minimum atomic E-state index is 0.567. The molecule has 296 valence electrons. The molecule has 0 saturated carbocycles. The number of rotatable bonds is 8. The highest BCUT2D eigenvalue weighted by atomic mass is 16.4. The molecule has 0 saturated heterocycles. The lowest BCUT2D eigenvalue weighted by Crippen LogP contribution is -2.10. The van der Waals surface area contributed by atoms with Crippen molar-refractivity contribution in [3.8, 4) is 56.0 Å². The molecule has 0 N–H and O–H groups in total. The highest BCUT2D eigenvalue weighted by Gasteiger charge is 2.22. The third-order valence-corrected chi connectivity index (χ3v) is 12.1. The minimum Gasteiger partial charge on any atom is -0.456 e. The van der Waals surface area contributed by atoms with Crippen molar-refractivity contribution < 1.29 is 8.83 Å². The fourth-order valence-corrected chi connectivity index (χ4v) is 8.92. The molecule has 63 heavy (non-hydrogen) atoms. The summed E-state index contributed by atoms with van der Waals surface area (Å²) in [5.41, 5.74) is 16.1.